The lowest BCUT2D eigenvalue weighted by molar-refractivity contribution is -0.138. The molecular weight excluding hydrogens is 517 g/mol. The minimum absolute atomic E-state index is 0.155. The summed E-state index contributed by atoms with van der Waals surface area (Å²) >= 11 is 0. The van der Waals surface area contributed by atoms with Crippen LogP contribution in [0, 0.1) is 17.7 Å². The summed E-state index contributed by atoms with van der Waals surface area (Å²) in [5, 5.41) is 6.10. The topological polar surface area (TPSA) is 127 Å². The van der Waals surface area contributed by atoms with E-state index in [2.05, 4.69) is 23.8 Å². The molecule has 1 aromatic rings. The molecule has 2 atom stereocenters. The highest BCUT2D eigenvalue weighted by Crippen LogP contribution is 2.33. The van der Waals surface area contributed by atoms with Gasteiger partial charge in [-0.3, -0.25) is 14.4 Å². The standard InChI is InChI=1S/C29H38FN5O5/c1-19(40-32-2)34-14-11-20(12-15-34)18-39-26-10-9-23(16-24(26)30)21-5-7-22(8-6-21)29(38)33-17-27(36)35-13-3-4-25(35)28(31)37/h5,9-10,16,20,22,25H,1-4,6-8,11-15,17-18H2,(H2,31,37)(H,33,38). The van der Waals surface area contributed by atoms with Crippen molar-refractivity contribution in [1.29, 1.82) is 0 Å². The highest BCUT2D eigenvalue weighted by molar-refractivity contribution is 5.90. The summed E-state index contributed by atoms with van der Waals surface area (Å²) in [6, 6.07) is 4.40. The van der Waals surface area contributed by atoms with Crippen molar-refractivity contribution in [2.24, 2.45) is 22.7 Å². The molecule has 0 radical (unpaired) electrons. The van der Waals surface area contributed by atoms with Crippen molar-refractivity contribution >= 4 is 30.0 Å². The Kier molecular flexibility index (Phi) is 9.79. The predicted molar refractivity (Wildman–Crippen MR) is 148 cm³/mol. The van der Waals surface area contributed by atoms with Crippen molar-refractivity contribution in [3.63, 3.8) is 0 Å². The van der Waals surface area contributed by atoms with Gasteiger partial charge in [0.05, 0.1) is 13.2 Å². The summed E-state index contributed by atoms with van der Waals surface area (Å²) < 4.78 is 20.7. The maximum Gasteiger partial charge on any atom is 0.242 e. The molecule has 1 aliphatic carbocycles. The number of ether oxygens (including phenoxy) is 1. The number of carbonyl (C=O) groups is 3. The fourth-order valence-electron chi connectivity index (χ4n) is 5.61. The Hall–Kier alpha value is -3.89. The normalized spacial score (nSPS) is 21.4. The predicted octanol–water partition coefficient (Wildman–Crippen LogP) is 2.80. The van der Waals surface area contributed by atoms with Gasteiger partial charge in [-0.15, -0.1) is 0 Å². The number of nitrogens with two attached hydrogens (primary N) is 1. The number of oxime groups is 1. The van der Waals surface area contributed by atoms with Gasteiger partial charge in [-0.05, 0) is 80.7 Å². The van der Waals surface area contributed by atoms with Gasteiger partial charge in [0.15, 0.2) is 11.6 Å². The zero-order chi connectivity index (χ0) is 28.6. The summed E-state index contributed by atoms with van der Waals surface area (Å²) in [5.74, 6) is -0.687. The number of rotatable bonds is 11. The summed E-state index contributed by atoms with van der Waals surface area (Å²) in [6.07, 6.45) is 6.71. The summed E-state index contributed by atoms with van der Waals surface area (Å²) in [4.78, 5) is 45.1. The number of amides is 3. The van der Waals surface area contributed by atoms with E-state index in [0.717, 1.165) is 43.5 Å². The van der Waals surface area contributed by atoms with Crippen LogP contribution in [0.1, 0.15) is 50.5 Å². The van der Waals surface area contributed by atoms with Crippen LogP contribution in [0.4, 0.5) is 4.39 Å². The van der Waals surface area contributed by atoms with E-state index >= 15 is 0 Å². The third kappa shape index (κ3) is 7.19. The Morgan fingerprint density at radius 2 is 1.93 bits per heavy atom. The molecule has 2 unspecified atom stereocenters. The average Bonchev–Trinajstić information content (AvgIpc) is 3.46. The average molecular weight is 556 g/mol. The number of nitrogens with one attached hydrogen (secondary N) is 1. The number of hydrogen-bond acceptors (Lipinski definition) is 7. The molecule has 2 heterocycles. The lowest BCUT2D eigenvalue weighted by Crippen LogP contribution is -2.48. The molecule has 0 aromatic heterocycles. The van der Waals surface area contributed by atoms with E-state index in [9.17, 15) is 18.8 Å². The molecule has 2 saturated heterocycles. The number of carbonyl (C=O) groups excluding carboxylic acids is 3. The lowest BCUT2D eigenvalue weighted by atomic mass is 9.86. The van der Waals surface area contributed by atoms with Crippen LogP contribution in [0.25, 0.3) is 5.57 Å². The fraction of sp³-hybridized carbons (Fsp3) is 0.517. The van der Waals surface area contributed by atoms with Crippen molar-refractivity contribution in [3.05, 3.63) is 48.1 Å². The van der Waals surface area contributed by atoms with Gasteiger partial charge < -0.3 is 30.4 Å². The Balaban J connectivity index is 1.22. The van der Waals surface area contributed by atoms with E-state index < -0.39 is 17.8 Å². The maximum atomic E-state index is 14.9. The first-order chi connectivity index (χ1) is 19.3. The van der Waals surface area contributed by atoms with E-state index in [-0.39, 0.29) is 30.0 Å². The number of halogens is 1. The molecule has 40 heavy (non-hydrogen) atoms. The third-order valence-electron chi connectivity index (χ3n) is 8.01. The number of allylic oxidation sites excluding steroid dienone is 2. The largest absolute Gasteiger partial charge is 0.490 e. The number of nitrogens with zero attached hydrogens (tertiary/aromatic N) is 3. The van der Waals surface area contributed by atoms with Crippen LogP contribution >= 0.6 is 0 Å². The fourth-order valence-corrected chi connectivity index (χ4v) is 5.61. The molecule has 0 spiro atoms. The van der Waals surface area contributed by atoms with Crippen LogP contribution in [0.5, 0.6) is 5.75 Å². The molecule has 4 rings (SSSR count). The van der Waals surface area contributed by atoms with Crippen molar-refractivity contribution in [2.45, 2.75) is 51.0 Å². The third-order valence-corrected chi connectivity index (χ3v) is 8.01. The second kappa shape index (κ2) is 13.5. The smallest absolute Gasteiger partial charge is 0.242 e. The second-order valence-electron chi connectivity index (χ2n) is 10.6. The zero-order valence-electron chi connectivity index (χ0n) is 22.8. The summed E-state index contributed by atoms with van der Waals surface area (Å²) in [6.45, 7) is 9.41. The molecule has 3 N–H and O–H groups in total. The number of hydrogen-bond donors (Lipinski definition) is 2. The minimum atomic E-state index is -0.596. The molecule has 11 heteroatoms. The molecule has 216 valence electrons. The lowest BCUT2D eigenvalue weighted by Gasteiger charge is -2.32. The van der Waals surface area contributed by atoms with E-state index in [1.807, 2.05) is 17.0 Å². The first-order valence-corrected chi connectivity index (χ1v) is 13.8. The van der Waals surface area contributed by atoms with Crippen LogP contribution in [-0.2, 0) is 19.2 Å². The van der Waals surface area contributed by atoms with Crippen LogP contribution in [0.3, 0.4) is 0 Å². The van der Waals surface area contributed by atoms with Gasteiger partial charge in [-0.1, -0.05) is 17.3 Å². The molecule has 1 aromatic carbocycles. The van der Waals surface area contributed by atoms with Gasteiger partial charge in [-0.2, -0.15) is 0 Å². The van der Waals surface area contributed by atoms with E-state index in [1.165, 1.54) is 11.0 Å². The van der Waals surface area contributed by atoms with Crippen molar-refractivity contribution in [2.75, 3.05) is 32.8 Å². The first-order valence-electron chi connectivity index (χ1n) is 13.8. The van der Waals surface area contributed by atoms with Gasteiger partial charge in [0.25, 0.3) is 0 Å². The van der Waals surface area contributed by atoms with Crippen LogP contribution in [0.2, 0.25) is 0 Å². The Labute approximate surface area is 234 Å². The van der Waals surface area contributed by atoms with Crippen molar-refractivity contribution < 1.29 is 28.3 Å². The molecule has 2 fully saturated rings. The first kappa shape index (κ1) is 29.1. The molecule has 2 aliphatic heterocycles. The SMILES string of the molecule is C=NOC(=C)N1CCC(COc2ccc(C3=CCC(C(=O)NCC(=O)N4CCCC4C(N)=O)CC3)cc2F)CC1. The summed E-state index contributed by atoms with van der Waals surface area (Å²) in [5.41, 5.74) is 7.13. The second-order valence-corrected chi connectivity index (χ2v) is 10.6. The van der Waals surface area contributed by atoms with Crippen molar-refractivity contribution in [1.82, 2.24) is 15.1 Å². The zero-order valence-corrected chi connectivity index (χ0v) is 22.8. The number of primary amides is 1. The number of benzene rings is 1. The highest BCUT2D eigenvalue weighted by Gasteiger charge is 2.33. The Morgan fingerprint density at radius 1 is 1.15 bits per heavy atom. The molecule has 0 bridgehead atoms. The van der Waals surface area contributed by atoms with Gasteiger partial charge in [0.1, 0.15) is 6.04 Å². The Bertz CT molecular complexity index is 1160. The van der Waals surface area contributed by atoms with E-state index in [0.29, 0.717) is 50.6 Å². The van der Waals surface area contributed by atoms with Crippen LogP contribution < -0.4 is 15.8 Å². The van der Waals surface area contributed by atoms with Crippen LogP contribution in [0.15, 0.2) is 41.9 Å². The van der Waals surface area contributed by atoms with Gasteiger partial charge in [-0.25, -0.2) is 4.39 Å². The minimum Gasteiger partial charge on any atom is -0.490 e. The highest BCUT2D eigenvalue weighted by atomic mass is 19.1. The van der Waals surface area contributed by atoms with Crippen molar-refractivity contribution in [3.8, 4) is 5.75 Å². The van der Waals surface area contributed by atoms with Crippen LogP contribution in [-0.4, -0.2) is 73.1 Å². The summed E-state index contributed by atoms with van der Waals surface area (Å²) in [7, 11) is 0. The van der Waals surface area contributed by atoms with Gasteiger partial charge in [0.2, 0.25) is 23.6 Å². The van der Waals surface area contributed by atoms with Gasteiger partial charge >= 0.3 is 0 Å². The van der Waals surface area contributed by atoms with Gasteiger partial charge in [0, 0.05) is 32.3 Å². The maximum absolute atomic E-state index is 14.9. The molecular formula is C29H38FN5O5. The quantitative estimate of drug-likeness (QED) is 0.246. The Morgan fingerprint density at radius 3 is 2.58 bits per heavy atom. The monoisotopic (exact) mass is 555 g/mol. The van der Waals surface area contributed by atoms with E-state index in [4.69, 9.17) is 15.3 Å². The molecule has 3 aliphatic rings. The molecule has 3 amide bonds. The number of likely N-dealkylation sites (tertiary alicyclic amines) is 2. The number of piperidine rings is 1. The molecule has 0 saturated carbocycles. The molecule has 10 nitrogen and oxygen atoms in total. The van der Waals surface area contributed by atoms with E-state index in [1.54, 1.807) is 6.07 Å².